The fraction of sp³-hybridized carbons (Fsp3) is 1.00. The molecule has 2 atom stereocenters. The summed E-state index contributed by atoms with van der Waals surface area (Å²) in [5, 5.41) is 7.05. The van der Waals surface area contributed by atoms with Crippen LogP contribution in [0.25, 0.3) is 0 Å². The second-order valence-electron chi connectivity index (χ2n) is 5.16. The van der Waals surface area contributed by atoms with E-state index in [1.807, 2.05) is 0 Å². The van der Waals surface area contributed by atoms with Gasteiger partial charge in [0.1, 0.15) is 0 Å². The van der Waals surface area contributed by atoms with Gasteiger partial charge in [-0.15, -0.1) is 0 Å². The Kier molecular flexibility index (Phi) is 8.61. The largest absolute Gasteiger partial charge is 0.330 e. The van der Waals surface area contributed by atoms with Crippen LogP contribution in [-0.2, 0) is 0 Å². The highest BCUT2D eigenvalue weighted by Gasteiger charge is 2.35. The molecule has 1 saturated carbocycles. The van der Waals surface area contributed by atoms with Crippen LogP contribution in [0.4, 0.5) is 0 Å². The van der Waals surface area contributed by atoms with Gasteiger partial charge < -0.3 is 22.1 Å². The number of rotatable bonds is 12. The zero-order valence-corrected chi connectivity index (χ0v) is 11.1. The van der Waals surface area contributed by atoms with Crippen LogP contribution in [0.5, 0.6) is 0 Å². The molecule has 0 aliphatic heterocycles. The maximum absolute atomic E-state index is 5.45. The lowest BCUT2D eigenvalue weighted by Crippen LogP contribution is -2.23. The molecule has 4 nitrogen and oxygen atoms in total. The van der Waals surface area contributed by atoms with Crippen molar-refractivity contribution in [3.8, 4) is 0 Å². The molecule has 1 fully saturated rings. The first kappa shape index (κ1) is 14.9. The van der Waals surface area contributed by atoms with Gasteiger partial charge in [-0.1, -0.05) is 0 Å². The molecule has 0 amide bonds. The number of hydrogen-bond acceptors (Lipinski definition) is 4. The molecule has 1 aliphatic carbocycles. The molecule has 0 aromatic heterocycles. The van der Waals surface area contributed by atoms with Gasteiger partial charge in [0.25, 0.3) is 0 Å². The number of unbranched alkanes of at least 4 members (excludes halogenated alkanes) is 2. The second-order valence-corrected chi connectivity index (χ2v) is 5.16. The van der Waals surface area contributed by atoms with Gasteiger partial charge in [-0.25, -0.2) is 0 Å². The van der Waals surface area contributed by atoms with Crippen LogP contribution >= 0.6 is 0 Å². The fourth-order valence-corrected chi connectivity index (χ4v) is 2.17. The Morgan fingerprint density at radius 2 is 1.24 bits per heavy atom. The Bertz CT molecular complexity index is 157. The first-order chi connectivity index (χ1) is 8.38. The van der Waals surface area contributed by atoms with E-state index in [-0.39, 0.29) is 0 Å². The highest BCUT2D eigenvalue weighted by molar-refractivity contribution is 4.89. The molecule has 0 bridgehead atoms. The summed E-state index contributed by atoms with van der Waals surface area (Å²) < 4.78 is 0. The van der Waals surface area contributed by atoms with Crippen molar-refractivity contribution in [2.24, 2.45) is 23.3 Å². The smallest absolute Gasteiger partial charge is 0.00173 e. The van der Waals surface area contributed by atoms with Gasteiger partial charge in [0, 0.05) is 0 Å². The van der Waals surface area contributed by atoms with E-state index in [0.717, 1.165) is 50.9 Å². The van der Waals surface area contributed by atoms with E-state index in [1.54, 1.807) is 0 Å². The van der Waals surface area contributed by atoms with E-state index >= 15 is 0 Å². The van der Waals surface area contributed by atoms with Crippen molar-refractivity contribution in [2.75, 3.05) is 39.3 Å². The zero-order chi connectivity index (χ0) is 12.3. The van der Waals surface area contributed by atoms with Gasteiger partial charge >= 0.3 is 0 Å². The molecule has 0 aromatic rings. The molecular formula is C13H30N4. The van der Waals surface area contributed by atoms with Crippen LogP contribution in [0.2, 0.25) is 0 Å². The summed E-state index contributed by atoms with van der Waals surface area (Å²) in [5.74, 6) is 1.82. The molecule has 6 N–H and O–H groups in total. The molecule has 0 spiro atoms. The molecule has 4 heteroatoms. The van der Waals surface area contributed by atoms with E-state index in [9.17, 15) is 0 Å². The van der Waals surface area contributed by atoms with Crippen LogP contribution in [0, 0.1) is 11.8 Å². The van der Waals surface area contributed by atoms with Gasteiger partial charge in [-0.05, 0) is 83.2 Å². The Labute approximate surface area is 106 Å². The van der Waals surface area contributed by atoms with Crippen LogP contribution in [-0.4, -0.2) is 39.3 Å². The number of nitrogens with one attached hydrogen (secondary N) is 2. The Hall–Kier alpha value is -0.160. The molecule has 0 heterocycles. The Balaban J connectivity index is 1.78. The van der Waals surface area contributed by atoms with Crippen LogP contribution < -0.4 is 22.1 Å². The van der Waals surface area contributed by atoms with E-state index in [0.29, 0.717) is 0 Å². The quantitative estimate of drug-likeness (QED) is 0.371. The van der Waals surface area contributed by atoms with Crippen molar-refractivity contribution >= 4 is 0 Å². The van der Waals surface area contributed by atoms with Crippen molar-refractivity contribution in [1.29, 1.82) is 0 Å². The molecule has 102 valence electrons. The zero-order valence-electron chi connectivity index (χ0n) is 11.1. The summed E-state index contributed by atoms with van der Waals surface area (Å²) in [5.41, 5.74) is 10.9. The first-order valence-corrected chi connectivity index (χ1v) is 7.20. The van der Waals surface area contributed by atoms with Gasteiger partial charge in [-0.3, -0.25) is 0 Å². The van der Waals surface area contributed by atoms with Crippen LogP contribution in [0.15, 0.2) is 0 Å². The van der Waals surface area contributed by atoms with Gasteiger partial charge in [0.2, 0.25) is 0 Å². The fourth-order valence-electron chi connectivity index (χ4n) is 2.17. The standard InChI is InChI=1S/C13H30N4/c14-5-1-3-7-16-10-12-9-13(12)11-17-8-4-2-6-15/h12-13,16-17H,1-11,14-15H2. The minimum absolute atomic E-state index is 0.820. The third-order valence-electron chi connectivity index (χ3n) is 3.50. The third kappa shape index (κ3) is 7.71. The van der Waals surface area contributed by atoms with Crippen LogP contribution in [0.1, 0.15) is 32.1 Å². The van der Waals surface area contributed by atoms with Gasteiger partial charge in [0.15, 0.2) is 0 Å². The van der Waals surface area contributed by atoms with Crippen LogP contribution in [0.3, 0.4) is 0 Å². The lowest BCUT2D eigenvalue weighted by molar-refractivity contribution is 0.541. The average molecular weight is 242 g/mol. The summed E-state index contributed by atoms with van der Waals surface area (Å²) in [6.07, 6.45) is 6.11. The molecule has 2 unspecified atom stereocenters. The monoisotopic (exact) mass is 242 g/mol. The molecular weight excluding hydrogens is 212 g/mol. The predicted octanol–water partition coefficient (Wildman–Crippen LogP) is 0.280. The first-order valence-electron chi connectivity index (χ1n) is 7.20. The molecule has 0 saturated heterocycles. The van der Waals surface area contributed by atoms with E-state index in [4.69, 9.17) is 11.5 Å². The normalized spacial score (nSPS) is 22.9. The predicted molar refractivity (Wildman–Crippen MR) is 73.9 cm³/mol. The summed E-state index contributed by atoms with van der Waals surface area (Å²) in [4.78, 5) is 0. The SMILES string of the molecule is NCCCCNCC1CC1CNCCCCN. The number of nitrogens with two attached hydrogens (primary N) is 2. The highest BCUT2D eigenvalue weighted by Crippen LogP contribution is 2.36. The van der Waals surface area contributed by atoms with E-state index in [2.05, 4.69) is 10.6 Å². The lowest BCUT2D eigenvalue weighted by Gasteiger charge is -2.05. The molecule has 1 rings (SSSR count). The molecule has 17 heavy (non-hydrogen) atoms. The molecule has 0 aromatic carbocycles. The second kappa shape index (κ2) is 9.83. The van der Waals surface area contributed by atoms with Gasteiger partial charge in [-0.2, -0.15) is 0 Å². The summed E-state index contributed by atoms with van der Waals surface area (Å²) in [6, 6.07) is 0. The third-order valence-corrected chi connectivity index (χ3v) is 3.50. The van der Waals surface area contributed by atoms with Crippen molar-refractivity contribution in [2.45, 2.75) is 32.1 Å². The van der Waals surface area contributed by atoms with E-state index < -0.39 is 0 Å². The van der Waals surface area contributed by atoms with Gasteiger partial charge in [0.05, 0.1) is 0 Å². The van der Waals surface area contributed by atoms with Crippen molar-refractivity contribution in [3.05, 3.63) is 0 Å². The maximum Gasteiger partial charge on any atom is -0.00173 e. The van der Waals surface area contributed by atoms with Crippen molar-refractivity contribution in [3.63, 3.8) is 0 Å². The minimum atomic E-state index is 0.820. The Morgan fingerprint density at radius 1 is 0.765 bits per heavy atom. The van der Waals surface area contributed by atoms with E-state index in [1.165, 1.54) is 32.4 Å². The van der Waals surface area contributed by atoms with Crippen molar-refractivity contribution < 1.29 is 0 Å². The summed E-state index contributed by atoms with van der Waals surface area (Å²) >= 11 is 0. The molecule has 1 aliphatic rings. The highest BCUT2D eigenvalue weighted by atomic mass is 14.9. The maximum atomic E-state index is 5.45. The summed E-state index contributed by atoms with van der Waals surface area (Å²) in [6.45, 7) is 6.29. The van der Waals surface area contributed by atoms with Crippen molar-refractivity contribution in [1.82, 2.24) is 10.6 Å². The number of hydrogen-bond donors (Lipinski definition) is 4. The Morgan fingerprint density at radius 3 is 1.65 bits per heavy atom. The average Bonchev–Trinajstić information content (AvgIpc) is 3.07. The minimum Gasteiger partial charge on any atom is -0.330 e. The topological polar surface area (TPSA) is 76.1 Å². The lowest BCUT2D eigenvalue weighted by atomic mass is 10.2. The molecule has 0 radical (unpaired) electrons. The summed E-state index contributed by atoms with van der Waals surface area (Å²) in [7, 11) is 0.